The van der Waals surface area contributed by atoms with Crippen LogP contribution in [0.1, 0.15) is 27.6 Å². The number of nitrogens with zero attached hydrogens (tertiary/aromatic N) is 1. The second-order valence-corrected chi connectivity index (χ2v) is 6.21. The Balaban J connectivity index is 1.41. The summed E-state index contributed by atoms with van der Waals surface area (Å²) in [6.07, 6.45) is 1.49. The molecule has 1 aliphatic heterocycles. The van der Waals surface area contributed by atoms with Gasteiger partial charge >= 0.3 is 0 Å². The van der Waals surface area contributed by atoms with E-state index in [1.54, 1.807) is 36.4 Å². The molecule has 3 aromatic rings. The summed E-state index contributed by atoms with van der Waals surface area (Å²) in [5.74, 6) is 1.69. The number of amides is 1. The van der Waals surface area contributed by atoms with Gasteiger partial charge in [-0.05, 0) is 55.5 Å². The molecule has 0 unspecified atom stereocenters. The molecule has 2 heterocycles. The first kappa shape index (κ1) is 17.5. The summed E-state index contributed by atoms with van der Waals surface area (Å²) in [5, 5.41) is 5.94. The minimum Gasteiger partial charge on any atom is -0.454 e. The smallest absolute Gasteiger partial charge is 0.257 e. The first-order chi connectivity index (χ1) is 13.6. The molecule has 140 valence electrons. The lowest BCUT2D eigenvalue weighted by atomic mass is 10.1. The fourth-order valence-electron chi connectivity index (χ4n) is 2.72. The van der Waals surface area contributed by atoms with Crippen LogP contribution in [0.5, 0.6) is 11.5 Å². The van der Waals surface area contributed by atoms with E-state index in [1.807, 2.05) is 18.2 Å². The first-order valence-electron chi connectivity index (χ1n) is 8.63. The molecule has 7 nitrogen and oxygen atoms in total. The predicted molar refractivity (Wildman–Crippen MR) is 104 cm³/mol. The van der Waals surface area contributed by atoms with E-state index in [2.05, 4.69) is 15.6 Å². The number of ketones is 1. The van der Waals surface area contributed by atoms with Crippen LogP contribution in [0.3, 0.4) is 0 Å². The highest BCUT2D eigenvalue weighted by atomic mass is 16.7. The largest absolute Gasteiger partial charge is 0.454 e. The van der Waals surface area contributed by atoms with Crippen molar-refractivity contribution >= 4 is 28.9 Å². The lowest BCUT2D eigenvalue weighted by Crippen LogP contribution is -2.12. The van der Waals surface area contributed by atoms with Crippen LogP contribution in [0.2, 0.25) is 0 Å². The molecule has 0 spiro atoms. The van der Waals surface area contributed by atoms with Crippen LogP contribution in [-0.4, -0.2) is 23.5 Å². The van der Waals surface area contributed by atoms with E-state index >= 15 is 0 Å². The van der Waals surface area contributed by atoms with Crippen molar-refractivity contribution in [2.45, 2.75) is 6.92 Å². The van der Waals surface area contributed by atoms with Gasteiger partial charge < -0.3 is 20.1 Å². The van der Waals surface area contributed by atoms with Crippen molar-refractivity contribution in [2.75, 3.05) is 17.4 Å². The summed E-state index contributed by atoms with van der Waals surface area (Å²) in [5.41, 5.74) is 2.43. The number of carbonyl (C=O) groups excluding carboxylic acids is 2. The number of pyridine rings is 1. The Morgan fingerprint density at radius 2 is 1.61 bits per heavy atom. The van der Waals surface area contributed by atoms with Crippen LogP contribution >= 0.6 is 0 Å². The van der Waals surface area contributed by atoms with Gasteiger partial charge in [0.05, 0.1) is 5.56 Å². The summed E-state index contributed by atoms with van der Waals surface area (Å²) < 4.78 is 10.6. The minimum absolute atomic E-state index is 0.0207. The second kappa shape index (κ2) is 7.40. The molecule has 4 rings (SSSR count). The fourth-order valence-corrected chi connectivity index (χ4v) is 2.72. The average molecular weight is 375 g/mol. The number of nitrogens with one attached hydrogen (secondary N) is 2. The van der Waals surface area contributed by atoms with Crippen molar-refractivity contribution in [1.29, 1.82) is 0 Å². The highest BCUT2D eigenvalue weighted by Crippen LogP contribution is 2.34. The third-order valence-electron chi connectivity index (χ3n) is 4.22. The Hall–Kier alpha value is -3.87. The summed E-state index contributed by atoms with van der Waals surface area (Å²) in [7, 11) is 0. The number of aromatic nitrogens is 1. The third kappa shape index (κ3) is 3.78. The number of hydrogen-bond donors (Lipinski definition) is 2. The number of ether oxygens (including phenoxy) is 2. The van der Waals surface area contributed by atoms with Crippen LogP contribution in [0.25, 0.3) is 0 Å². The van der Waals surface area contributed by atoms with Gasteiger partial charge in [-0.25, -0.2) is 4.98 Å². The van der Waals surface area contributed by atoms with Gasteiger partial charge in [-0.15, -0.1) is 0 Å². The zero-order chi connectivity index (χ0) is 19.5. The number of anilines is 3. The molecule has 2 aromatic carbocycles. The molecule has 0 saturated carbocycles. The zero-order valence-corrected chi connectivity index (χ0v) is 15.1. The molecule has 0 bridgehead atoms. The topological polar surface area (TPSA) is 89.6 Å². The van der Waals surface area contributed by atoms with Crippen LogP contribution in [0.4, 0.5) is 17.2 Å². The van der Waals surface area contributed by atoms with E-state index in [0.29, 0.717) is 34.1 Å². The molecular weight excluding hydrogens is 358 g/mol. The predicted octanol–water partition coefficient (Wildman–Crippen LogP) is 4.01. The molecule has 1 aromatic heterocycles. The van der Waals surface area contributed by atoms with Crippen LogP contribution < -0.4 is 20.1 Å². The van der Waals surface area contributed by atoms with Crippen LogP contribution in [0, 0.1) is 0 Å². The van der Waals surface area contributed by atoms with E-state index in [0.717, 1.165) is 5.69 Å². The maximum Gasteiger partial charge on any atom is 0.257 e. The van der Waals surface area contributed by atoms with Gasteiger partial charge in [0.1, 0.15) is 5.82 Å². The fraction of sp³-hybridized carbons (Fsp3) is 0.0952. The molecule has 7 heteroatoms. The average Bonchev–Trinajstić information content (AvgIpc) is 3.17. The van der Waals surface area contributed by atoms with Crippen molar-refractivity contribution < 1.29 is 19.1 Å². The van der Waals surface area contributed by atoms with Gasteiger partial charge in [0.15, 0.2) is 17.3 Å². The summed E-state index contributed by atoms with van der Waals surface area (Å²) in [6, 6.07) is 15.7. The Labute approximate surface area is 161 Å². The third-order valence-corrected chi connectivity index (χ3v) is 4.22. The van der Waals surface area contributed by atoms with Crippen molar-refractivity contribution in [3.05, 3.63) is 71.9 Å². The van der Waals surface area contributed by atoms with Crippen LogP contribution in [-0.2, 0) is 0 Å². The molecule has 28 heavy (non-hydrogen) atoms. The first-order valence-corrected chi connectivity index (χ1v) is 8.63. The zero-order valence-electron chi connectivity index (χ0n) is 15.1. The number of benzene rings is 2. The Bertz CT molecular complexity index is 1030. The van der Waals surface area contributed by atoms with E-state index in [4.69, 9.17) is 9.47 Å². The maximum atomic E-state index is 12.4. The van der Waals surface area contributed by atoms with E-state index < -0.39 is 0 Å². The highest BCUT2D eigenvalue weighted by molar-refractivity contribution is 6.04. The summed E-state index contributed by atoms with van der Waals surface area (Å²) >= 11 is 0. The monoisotopic (exact) mass is 375 g/mol. The van der Waals surface area contributed by atoms with Crippen molar-refractivity contribution in [1.82, 2.24) is 4.98 Å². The molecule has 1 amide bonds. The van der Waals surface area contributed by atoms with Crippen molar-refractivity contribution in [3.63, 3.8) is 0 Å². The molecule has 0 aliphatic carbocycles. The molecule has 0 atom stereocenters. The Morgan fingerprint density at radius 3 is 2.32 bits per heavy atom. The summed E-state index contributed by atoms with van der Waals surface area (Å²) in [4.78, 5) is 27.9. The van der Waals surface area contributed by atoms with Gasteiger partial charge in [0.25, 0.3) is 5.91 Å². The van der Waals surface area contributed by atoms with E-state index in [9.17, 15) is 9.59 Å². The SMILES string of the molecule is CC(=O)c1ccc(NC(=O)c2ccc(Nc3ccc4c(c3)OCO4)nc2)cc1. The highest BCUT2D eigenvalue weighted by Gasteiger charge is 2.13. The van der Waals surface area contributed by atoms with E-state index in [1.165, 1.54) is 13.1 Å². The maximum absolute atomic E-state index is 12.4. The van der Waals surface area contributed by atoms with Crippen LogP contribution in [0.15, 0.2) is 60.8 Å². The van der Waals surface area contributed by atoms with Gasteiger partial charge in [0, 0.05) is 29.2 Å². The van der Waals surface area contributed by atoms with Crippen molar-refractivity contribution in [3.8, 4) is 11.5 Å². The summed E-state index contributed by atoms with van der Waals surface area (Å²) in [6.45, 7) is 1.72. The second-order valence-electron chi connectivity index (χ2n) is 6.21. The molecular formula is C21H17N3O4. The quantitative estimate of drug-likeness (QED) is 0.655. The lowest BCUT2D eigenvalue weighted by molar-refractivity contribution is 0.101. The molecule has 0 saturated heterocycles. The standard InChI is InChI=1S/C21H17N3O4/c1-13(25)14-2-5-16(6-3-14)24-21(26)15-4-9-20(22-11-15)23-17-7-8-18-19(10-17)28-12-27-18/h2-11H,12H2,1H3,(H,22,23)(H,24,26). The van der Waals surface area contributed by atoms with Gasteiger partial charge in [-0.1, -0.05) is 0 Å². The molecule has 0 radical (unpaired) electrons. The number of fused-ring (bicyclic) bond motifs is 1. The van der Waals surface area contributed by atoms with Gasteiger partial charge in [-0.2, -0.15) is 0 Å². The lowest BCUT2D eigenvalue weighted by Gasteiger charge is -2.08. The van der Waals surface area contributed by atoms with E-state index in [-0.39, 0.29) is 18.5 Å². The van der Waals surface area contributed by atoms with Gasteiger partial charge in [-0.3, -0.25) is 9.59 Å². The minimum atomic E-state index is -0.280. The normalized spacial score (nSPS) is 11.8. The van der Waals surface area contributed by atoms with Crippen molar-refractivity contribution in [2.24, 2.45) is 0 Å². The number of hydrogen-bond acceptors (Lipinski definition) is 6. The Kier molecular flexibility index (Phi) is 4.63. The Morgan fingerprint density at radius 1 is 0.893 bits per heavy atom. The molecule has 2 N–H and O–H groups in total. The molecule has 0 fully saturated rings. The van der Waals surface area contributed by atoms with Gasteiger partial charge in [0.2, 0.25) is 6.79 Å². The number of rotatable bonds is 5. The number of carbonyl (C=O) groups is 2. The number of Topliss-reactive ketones (excluding diaryl/α,β-unsaturated/α-hetero) is 1. The molecule has 1 aliphatic rings.